The van der Waals surface area contributed by atoms with E-state index in [1.807, 2.05) is 0 Å². The molecule has 1 fully saturated rings. The maximum Gasteiger partial charge on any atom is 0.0971 e. The maximum atomic E-state index is 10.1. The summed E-state index contributed by atoms with van der Waals surface area (Å²) in [5.74, 6) is 1.17. The van der Waals surface area contributed by atoms with Crippen molar-refractivity contribution in [1.82, 2.24) is 4.98 Å². The van der Waals surface area contributed by atoms with E-state index in [4.69, 9.17) is 0 Å². The summed E-state index contributed by atoms with van der Waals surface area (Å²) in [6.45, 7) is 8.46. The largest absolute Gasteiger partial charge is 0.387 e. The fourth-order valence-electron chi connectivity index (χ4n) is 2.17. The van der Waals surface area contributed by atoms with E-state index in [1.165, 1.54) is 16.8 Å². The molecule has 1 saturated carbocycles. The van der Waals surface area contributed by atoms with Gasteiger partial charge < -0.3 is 10.1 Å². The zero-order chi connectivity index (χ0) is 10.5. The lowest BCUT2D eigenvalue weighted by Gasteiger charge is -2.09. The molecule has 2 nitrogen and oxygen atoms in total. The molecular weight excluding hydrogens is 174 g/mol. The van der Waals surface area contributed by atoms with Crippen LogP contribution in [0, 0.1) is 32.6 Å². The molecule has 1 aromatic rings. The Labute approximate surface area is 85.3 Å². The summed E-state index contributed by atoms with van der Waals surface area (Å²) < 4.78 is 0. The first-order chi connectivity index (χ1) is 6.52. The van der Waals surface area contributed by atoms with Crippen LogP contribution in [0.5, 0.6) is 0 Å². The van der Waals surface area contributed by atoms with Crippen LogP contribution in [0.25, 0.3) is 0 Å². The highest BCUT2D eigenvalue weighted by atomic mass is 16.3. The third kappa shape index (κ3) is 1.38. The van der Waals surface area contributed by atoms with Gasteiger partial charge in [0.1, 0.15) is 0 Å². The summed E-state index contributed by atoms with van der Waals surface area (Å²) >= 11 is 0. The highest BCUT2D eigenvalue weighted by molar-refractivity contribution is 5.36. The van der Waals surface area contributed by atoms with Gasteiger partial charge in [0.15, 0.2) is 0 Å². The van der Waals surface area contributed by atoms with Crippen molar-refractivity contribution in [3.05, 3.63) is 22.5 Å². The standard InChI is InChI=1S/C12H19NO/c1-6-5-10(6)12(14)11-8(3)7(2)9(4)13-11/h6,10,12-14H,5H2,1-4H3. The van der Waals surface area contributed by atoms with E-state index in [1.54, 1.807) is 0 Å². The Morgan fingerprint density at radius 1 is 1.29 bits per heavy atom. The van der Waals surface area contributed by atoms with Gasteiger partial charge in [-0.15, -0.1) is 0 Å². The van der Waals surface area contributed by atoms with Crippen LogP contribution in [0.2, 0.25) is 0 Å². The van der Waals surface area contributed by atoms with Crippen molar-refractivity contribution in [2.45, 2.75) is 40.2 Å². The summed E-state index contributed by atoms with van der Waals surface area (Å²) in [5, 5.41) is 10.1. The molecule has 3 atom stereocenters. The molecule has 0 spiro atoms. The number of nitrogens with one attached hydrogen (secondary N) is 1. The SMILES string of the molecule is Cc1[nH]c(C(O)C2CC2C)c(C)c1C. The van der Waals surface area contributed by atoms with Crippen molar-refractivity contribution in [1.29, 1.82) is 0 Å². The van der Waals surface area contributed by atoms with E-state index >= 15 is 0 Å². The number of aryl methyl sites for hydroxylation is 1. The molecule has 1 heterocycles. The molecule has 0 aliphatic heterocycles. The predicted octanol–water partition coefficient (Wildman–Crippen LogP) is 2.63. The second-order valence-electron chi connectivity index (χ2n) is 4.74. The number of aliphatic hydroxyl groups is 1. The van der Waals surface area contributed by atoms with E-state index in [2.05, 4.69) is 32.7 Å². The topological polar surface area (TPSA) is 36.0 Å². The van der Waals surface area contributed by atoms with Gasteiger partial charge in [-0.2, -0.15) is 0 Å². The lowest BCUT2D eigenvalue weighted by atomic mass is 10.1. The van der Waals surface area contributed by atoms with Gasteiger partial charge in [-0.25, -0.2) is 0 Å². The van der Waals surface area contributed by atoms with E-state index in [0.29, 0.717) is 11.8 Å². The first kappa shape index (κ1) is 9.78. The average molecular weight is 193 g/mol. The number of hydrogen-bond donors (Lipinski definition) is 2. The Bertz CT molecular complexity index is 353. The lowest BCUT2D eigenvalue weighted by Crippen LogP contribution is -2.03. The van der Waals surface area contributed by atoms with Crippen LogP contribution in [0.3, 0.4) is 0 Å². The fourth-order valence-corrected chi connectivity index (χ4v) is 2.17. The molecule has 3 unspecified atom stereocenters. The Morgan fingerprint density at radius 2 is 1.86 bits per heavy atom. The molecule has 2 N–H and O–H groups in total. The minimum absolute atomic E-state index is 0.280. The molecule has 0 saturated heterocycles. The van der Waals surface area contributed by atoms with E-state index < -0.39 is 0 Å². The molecule has 1 aliphatic rings. The molecular formula is C12H19NO. The minimum Gasteiger partial charge on any atom is -0.387 e. The molecule has 0 aromatic carbocycles. The molecule has 0 amide bonds. The van der Waals surface area contributed by atoms with Crippen LogP contribution in [0.15, 0.2) is 0 Å². The maximum absolute atomic E-state index is 10.1. The van der Waals surface area contributed by atoms with Crippen molar-refractivity contribution in [3.8, 4) is 0 Å². The minimum atomic E-state index is -0.280. The second kappa shape index (κ2) is 3.13. The van der Waals surface area contributed by atoms with Crippen LogP contribution in [0.4, 0.5) is 0 Å². The molecule has 2 rings (SSSR count). The van der Waals surface area contributed by atoms with Gasteiger partial charge in [-0.3, -0.25) is 0 Å². The Morgan fingerprint density at radius 3 is 2.21 bits per heavy atom. The molecule has 1 aromatic heterocycles. The molecule has 78 valence electrons. The number of rotatable bonds is 2. The Hall–Kier alpha value is -0.760. The molecule has 0 radical (unpaired) electrons. The van der Waals surface area contributed by atoms with Gasteiger partial charge in [-0.05, 0) is 50.2 Å². The van der Waals surface area contributed by atoms with Gasteiger partial charge in [0.25, 0.3) is 0 Å². The zero-order valence-electron chi connectivity index (χ0n) is 9.39. The van der Waals surface area contributed by atoms with Gasteiger partial charge in [-0.1, -0.05) is 6.92 Å². The van der Waals surface area contributed by atoms with Gasteiger partial charge in [0.05, 0.1) is 6.10 Å². The van der Waals surface area contributed by atoms with Crippen molar-refractivity contribution in [3.63, 3.8) is 0 Å². The number of H-pyrrole nitrogens is 1. The third-order valence-electron chi connectivity index (χ3n) is 3.72. The average Bonchev–Trinajstić information content (AvgIpc) is 2.82. The lowest BCUT2D eigenvalue weighted by molar-refractivity contribution is 0.143. The van der Waals surface area contributed by atoms with E-state index in [0.717, 1.165) is 12.1 Å². The second-order valence-corrected chi connectivity index (χ2v) is 4.74. The first-order valence-electron chi connectivity index (χ1n) is 5.36. The summed E-state index contributed by atoms with van der Waals surface area (Å²) in [5.41, 5.74) is 4.74. The van der Waals surface area contributed by atoms with Crippen molar-refractivity contribution >= 4 is 0 Å². The zero-order valence-corrected chi connectivity index (χ0v) is 9.39. The number of aromatic nitrogens is 1. The summed E-state index contributed by atoms with van der Waals surface area (Å²) in [6, 6.07) is 0. The van der Waals surface area contributed by atoms with Crippen LogP contribution in [-0.4, -0.2) is 10.1 Å². The fraction of sp³-hybridized carbons (Fsp3) is 0.667. The van der Waals surface area contributed by atoms with Gasteiger partial charge in [0, 0.05) is 11.4 Å². The van der Waals surface area contributed by atoms with E-state index in [9.17, 15) is 5.11 Å². The summed E-state index contributed by atoms with van der Waals surface area (Å²) in [4.78, 5) is 3.30. The van der Waals surface area contributed by atoms with E-state index in [-0.39, 0.29) is 6.10 Å². The number of aliphatic hydroxyl groups excluding tert-OH is 1. The highest BCUT2D eigenvalue weighted by Crippen LogP contribution is 2.47. The molecule has 1 aliphatic carbocycles. The van der Waals surface area contributed by atoms with Crippen LogP contribution < -0.4 is 0 Å². The smallest absolute Gasteiger partial charge is 0.0971 e. The monoisotopic (exact) mass is 193 g/mol. The molecule has 14 heavy (non-hydrogen) atoms. The highest BCUT2D eigenvalue weighted by Gasteiger charge is 2.40. The normalized spacial score (nSPS) is 27.8. The molecule has 0 bridgehead atoms. The van der Waals surface area contributed by atoms with Crippen molar-refractivity contribution in [2.75, 3.05) is 0 Å². The summed E-state index contributed by atoms with van der Waals surface area (Å²) in [6.07, 6.45) is 0.884. The number of hydrogen-bond acceptors (Lipinski definition) is 1. The van der Waals surface area contributed by atoms with Crippen LogP contribution in [-0.2, 0) is 0 Å². The van der Waals surface area contributed by atoms with Gasteiger partial charge in [0.2, 0.25) is 0 Å². The van der Waals surface area contributed by atoms with Crippen LogP contribution in [0.1, 0.15) is 42.0 Å². The van der Waals surface area contributed by atoms with Crippen molar-refractivity contribution < 1.29 is 5.11 Å². The Balaban J connectivity index is 2.27. The van der Waals surface area contributed by atoms with Crippen LogP contribution >= 0.6 is 0 Å². The van der Waals surface area contributed by atoms with Gasteiger partial charge >= 0.3 is 0 Å². The Kier molecular flexibility index (Phi) is 2.18. The summed E-state index contributed by atoms with van der Waals surface area (Å²) in [7, 11) is 0. The van der Waals surface area contributed by atoms with Crippen molar-refractivity contribution in [2.24, 2.45) is 11.8 Å². The molecule has 2 heteroatoms. The quantitative estimate of drug-likeness (QED) is 0.744. The first-order valence-corrected chi connectivity index (χ1v) is 5.36. The predicted molar refractivity (Wildman–Crippen MR) is 57.2 cm³/mol. The number of aromatic amines is 1. The third-order valence-corrected chi connectivity index (χ3v) is 3.72.